The first kappa shape index (κ1) is 16.2. The van der Waals surface area contributed by atoms with Crippen molar-refractivity contribution in [3.63, 3.8) is 0 Å². The summed E-state index contributed by atoms with van der Waals surface area (Å²) in [6.45, 7) is 4.56. The number of methoxy groups -OCH3 is 1. The zero-order valence-corrected chi connectivity index (χ0v) is 12.9. The molecular formula is C15H24O6. The molecule has 6 nitrogen and oxygen atoms in total. The van der Waals surface area contributed by atoms with Gasteiger partial charge in [-0.25, -0.2) is 0 Å². The molecule has 6 heteroatoms. The third-order valence-electron chi connectivity index (χ3n) is 4.38. The van der Waals surface area contributed by atoms with E-state index in [0.717, 1.165) is 12.8 Å². The van der Waals surface area contributed by atoms with E-state index in [-0.39, 0.29) is 42.9 Å². The highest BCUT2D eigenvalue weighted by Gasteiger charge is 2.43. The van der Waals surface area contributed by atoms with E-state index in [1.54, 1.807) is 0 Å². The van der Waals surface area contributed by atoms with Crippen LogP contribution in [-0.4, -0.2) is 43.7 Å². The number of cyclic esters (lactones) is 1. The van der Waals surface area contributed by atoms with Crippen molar-refractivity contribution in [1.82, 2.24) is 0 Å². The highest BCUT2D eigenvalue weighted by molar-refractivity contribution is 5.75. The zero-order chi connectivity index (χ0) is 15.5. The molecule has 0 aromatic heterocycles. The Hall–Kier alpha value is -1.14. The minimum absolute atomic E-state index is 0.0963. The zero-order valence-electron chi connectivity index (χ0n) is 12.9. The maximum atomic E-state index is 11.5. The van der Waals surface area contributed by atoms with Gasteiger partial charge in [0.25, 0.3) is 0 Å². The third-order valence-corrected chi connectivity index (χ3v) is 4.38. The van der Waals surface area contributed by atoms with Crippen molar-refractivity contribution < 1.29 is 28.5 Å². The molecule has 3 atom stereocenters. The van der Waals surface area contributed by atoms with Crippen LogP contribution in [0.25, 0.3) is 0 Å². The summed E-state index contributed by atoms with van der Waals surface area (Å²) >= 11 is 0. The molecule has 0 aromatic rings. The molecule has 2 heterocycles. The Kier molecular flexibility index (Phi) is 5.22. The summed E-state index contributed by atoms with van der Waals surface area (Å²) in [6.07, 6.45) is 2.21. The molecule has 0 spiro atoms. The van der Waals surface area contributed by atoms with Crippen molar-refractivity contribution in [2.75, 3.05) is 13.7 Å². The van der Waals surface area contributed by atoms with Crippen LogP contribution in [0.3, 0.4) is 0 Å². The van der Waals surface area contributed by atoms with Crippen LogP contribution >= 0.6 is 0 Å². The van der Waals surface area contributed by atoms with E-state index in [1.165, 1.54) is 7.11 Å². The van der Waals surface area contributed by atoms with Crippen LogP contribution < -0.4 is 0 Å². The second-order valence-electron chi connectivity index (χ2n) is 5.68. The number of rotatable bonds is 6. The van der Waals surface area contributed by atoms with Gasteiger partial charge in [-0.05, 0) is 12.8 Å². The topological polar surface area (TPSA) is 71.1 Å². The normalized spacial score (nSPS) is 31.2. The quantitative estimate of drug-likeness (QED) is 0.697. The number of ether oxygens (including phenoxy) is 4. The van der Waals surface area contributed by atoms with E-state index in [1.807, 2.05) is 13.8 Å². The van der Waals surface area contributed by atoms with Crippen molar-refractivity contribution in [1.29, 1.82) is 0 Å². The fourth-order valence-corrected chi connectivity index (χ4v) is 3.01. The van der Waals surface area contributed by atoms with Gasteiger partial charge in [-0.3, -0.25) is 9.59 Å². The summed E-state index contributed by atoms with van der Waals surface area (Å²) in [5.74, 6) is -1.22. The van der Waals surface area contributed by atoms with Crippen LogP contribution in [0.4, 0.5) is 0 Å². The number of esters is 2. The second-order valence-corrected chi connectivity index (χ2v) is 5.68. The summed E-state index contributed by atoms with van der Waals surface area (Å²) in [6, 6.07) is 0. The van der Waals surface area contributed by atoms with Crippen molar-refractivity contribution in [3.05, 3.63) is 0 Å². The van der Waals surface area contributed by atoms with Gasteiger partial charge in [-0.2, -0.15) is 0 Å². The van der Waals surface area contributed by atoms with Gasteiger partial charge < -0.3 is 18.9 Å². The predicted octanol–water partition coefficient (Wildman–Crippen LogP) is 1.80. The lowest BCUT2D eigenvalue weighted by molar-refractivity contribution is -0.175. The van der Waals surface area contributed by atoms with Crippen LogP contribution in [-0.2, 0) is 28.5 Å². The standard InChI is InChI=1S/C15H24O6/c1-4-15(5-2)19-9-11(21-15)8-12-10(6-13(16)18-3)7-14(17)20-12/h10-12H,4-9H2,1-3H3/t10-,11-,12+/m1/s1. The lowest BCUT2D eigenvalue weighted by atomic mass is 9.93. The van der Waals surface area contributed by atoms with Crippen molar-refractivity contribution in [3.8, 4) is 0 Å². The molecule has 0 saturated carbocycles. The number of carbonyl (C=O) groups is 2. The molecule has 0 radical (unpaired) electrons. The SMILES string of the molecule is CCC1(CC)OC[C@@H](C[C@@H]2OC(=O)C[C@H]2CC(=O)OC)O1. The summed E-state index contributed by atoms with van der Waals surface area (Å²) in [5.41, 5.74) is 0. The number of hydrogen-bond acceptors (Lipinski definition) is 6. The van der Waals surface area contributed by atoms with Gasteiger partial charge in [-0.15, -0.1) is 0 Å². The second kappa shape index (κ2) is 6.75. The van der Waals surface area contributed by atoms with Gasteiger partial charge in [0.2, 0.25) is 0 Å². The molecule has 0 N–H and O–H groups in total. The van der Waals surface area contributed by atoms with Gasteiger partial charge in [0.1, 0.15) is 6.10 Å². The molecular weight excluding hydrogens is 276 g/mol. The lowest BCUT2D eigenvalue weighted by Gasteiger charge is -2.26. The minimum atomic E-state index is -0.509. The van der Waals surface area contributed by atoms with Crippen LogP contribution in [0.15, 0.2) is 0 Å². The van der Waals surface area contributed by atoms with E-state index in [0.29, 0.717) is 13.0 Å². The van der Waals surface area contributed by atoms with Gasteiger partial charge >= 0.3 is 11.9 Å². The lowest BCUT2D eigenvalue weighted by Crippen LogP contribution is -2.31. The Bertz CT molecular complexity index is 390. The van der Waals surface area contributed by atoms with E-state index < -0.39 is 5.79 Å². The van der Waals surface area contributed by atoms with Gasteiger partial charge in [0, 0.05) is 12.3 Å². The molecule has 0 unspecified atom stereocenters. The molecule has 0 amide bonds. The van der Waals surface area contributed by atoms with Crippen LogP contribution in [0, 0.1) is 5.92 Å². The molecule has 0 aliphatic carbocycles. The Morgan fingerprint density at radius 3 is 2.67 bits per heavy atom. The molecule has 2 saturated heterocycles. The van der Waals surface area contributed by atoms with Crippen molar-refractivity contribution in [2.24, 2.45) is 5.92 Å². The van der Waals surface area contributed by atoms with Crippen LogP contribution in [0.2, 0.25) is 0 Å². The first-order valence-corrected chi connectivity index (χ1v) is 7.60. The Morgan fingerprint density at radius 2 is 2.10 bits per heavy atom. The van der Waals surface area contributed by atoms with Crippen LogP contribution in [0.5, 0.6) is 0 Å². The monoisotopic (exact) mass is 300 g/mol. The summed E-state index contributed by atoms with van der Waals surface area (Å²) < 4.78 is 21.8. The average molecular weight is 300 g/mol. The Labute approximate surface area is 125 Å². The number of hydrogen-bond donors (Lipinski definition) is 0. The fraction of sp³-hybridized carbons (Fsp3) is 0.867. The molecule has 0 aromatic carbocycles. The van der Waals surface area contributed by atoms with Gasteiger partial charge in [-0.1, -0.05) is 13.8 Å². The van der Waals surface area contributed by atoms with Crippen molar-refractivity contribution >= 4 is 11.9 Å². The largest absolute Gasteiger partial charge is 0.469 e. The molecule has 120 valence electrons. The maximum absolute atomic E-state index is 11.5. The summed E-state index contributed by atoms with van der Waals surface area (Å²) in [7, 11) is 1.35. The maximum Gasteiger partial charge on any atom is 0.306 e. The molecule has 21 heavy (non-hydrogen) atoms. The highest BCUT2D eigenvalue weighted by Crippen LogP contribution is 2.35. The van der Waals surface area contributed by atoms with E-state index in [4.69, 9.17) is 14.2 Å². The number of carbonyl (C=O) groups excluding carboxylic acids is 2. The molecule has 0 bridgehead atoms. The summed E-state index contributed by atoms with van der Waals surface area (Å²) in [4.78, 5) is 22.9. The highest BCUT2D eigenvalue weighted by atomic mass is 16.7. The van der Waals surface area contributed by atoms with Crippen LogP contribution in [0.1, 0.15) is 46.0 Å². The van der Waals surface area contributed by atoms with E-state index in [9.17, 15) is 9.59 Å². The average Bonchev–Trinajstić information content (AvgIpc) is 3.04. The first-order valence-electron chi connectivity index (χ1n) is 7.60. The van der Waals surface area contributed by atoms with E-state index >= 15 is 0 Å². The van der Waals surface area contributed by atoms with Crippen molar-refractivity contribution in [2.45, 2.75) is 63.9 Å². The van der Waals surface area contributed by atoms with Gasteiger partial charge in [0.15, 0.2) is 5.79 Å². The smallest absolute Gasteiger partial charge is 0.306 e. The molecule has 2 aliphatic rings. The fourth-order valence-electron chi connectivity index (χ4n) is 3.01. The molecule has 2 rings (SSSR count). The minimum Gasteiger partial charge on any atom is -0.469 e. The molecule has 2 fully saturated rings. The van der Waals surface area contributed by atoms with Gasteiger partial charge in [0.05, 0.1) is 32.7 Å². The Balaban J connectivity index is 1.92. The predicted molar refractivity (Wildman–Crippen MR) is 73.4 cm³/mol. The summed E-state index contributed by atoms with van der Waals surface area (Å²) in [5, 5.41) is 0. The third kappa shape index (κ3) is 3.74. The van der Waals surface area contributed by atoms with E-state index in [2.05, 4.69) is 4.74 Å². The Morgan fingerprint density at radius 1 is 1.38 bits per heavy atom. The molecule has 2 aliphatic heterocycles. The first-order chi connectivity index (χ1) is 10.0.